The molecular formula is C32H38N2O8S4. The van der Waals surface area contributed by atoms with Crippen LogP contribution in [0.1, 0.15) is 26.7 Å². The van der Waals surface area contributed by atoms with Gasteiger partial charge in [0.25, 0.3) is 0 Å². The molecule has 46 heavy (non-hydrogen) atoms. The molecule has 0 saturated heterocycles. The van der Waals surface area contributed by atoms with E-state index in [-0.39, 0.29) is 26.3 Å². The largest absolute Gasteiger partial charge is 0.460 e. The lowest BCUT2D eigenvalue weighted by Crippen LogP contribution is -2.29. The fraction of sp³-hybridized carbons (Fsp3) is 0.375. The van der Waals surface area contributed by atoms with E-state index in [9.17, 15) is 19.2 Å². The van der Waals surface area contributed by atoms with E-state index in [4.69, 9.17) is 18.9 Å². The summed E-state index contributed by atoms with van der Waals surface area (Å²) >= 11 is 6.95. The van der Waals surface area contributed by atoms with Crippen LogP contribution >= 0.6 is 47.0 Å². The first-order valence-electron chi connectivity index (χ1n) is 14.5. The molecule has 2 N–H and O–H groups in total. The number of carbonyl (C=O) groups excluding carboxylic acids is 4. The molecule has 2 amide bonds. The number of hydrogen-bond acceptors (Lipinski definition) is 12. The molecule has 10 nitrogen and oxygen atoms in total. The highest BCUT2D eigenvalue weighted by molar-refractivity contribution is 8.05. The smallest absolute Gasteiger partial charge is 0.407 e. The zero-order chi connectivity index (χ0) is 33.3. The number of benzene rings is 2. The van der Waals surface area contributed by atoms with E-state index in [0.717, 1.165) is 21.3 Å². The highest BCUT2D eigenvalue weighted by Crippen LogP contribution is 2.50. The van der Waals surface area contributed by atoms with E-state index in [1.807, 2.05) is 0 Å². The molecular weight excluding hydrogens is 669 g/mol. The molecule has 3 rings (SSSR count). The zero-order valence-electron chi connectivity index (χ0n) is 25.8. The summed E-state index contributed by atoms with van der Waals surface area (Å²) in [6.45, 7) is 11.2. The van der Waals surface area contributed by atoms with E-state index >= 15 is 0 Å². The van der Waals surface area contributed by atoms with Gasteiger partial charge in [-0.15, -0.1) is 23.5 Å². The second kappa shape index (κ2) is 20.1. The van der Waals surface area contributed by atoms with Gasteiger partial charge in [-0.05, 0) is 63.1 Å². The second-order valence-electron chi connectivity index (χ2n) is 9.78. The van der Waals surface area contributed by atoms with Gasteiger partial charge in [-0.25, -0.2) is 19.2 Å². The van der Waals surface area contributed by atoms with E-state index in [1.165, 1.54) is 19.6 Å². The van der Waals surface area contributed by atoms with Crippen LogP contribution in [-0.2, 0) is 28.5 Å². The predicted molar refractivity (Wildman–Crippen MR) is 182 cm³/mol. The fourth-order valence-electron chi connectivity index (χ4n) is 3.49. The van der Waals surface area contributed by atoms with Gasteiger partial charge in [-0.1, -0.05) is 36.7 Å². The number of nitrogens with one attached hydrogen (secondary N) is 2. The quantitative estimate of drug-likeness (QED) is 0.0467. The van der Waals surface area contributed by atoms with Gasteiger partial charge in [-0.3, -0.25) is 0 Å². The molecule has 1 aliphatic heterocycles. The lowest BCUT2D eigenvalue weighted by Gasteiger charge is -2.19. The Morgan fingerprint density at radius 1 is 0.630 bits per heavy atom. The zero-order valence-corrected chi connectivity index (χ0v) is 29.1. The van der Waals surface area contributed by atoms with Gasteiger partial charge in [0, 0.05) is 52.0 Å². The van der Waals surface area contributed by atoms with Gasteiger partial charge in [0.2, 0.25) is 0 Å². The van der Waals surface area contributed by atoms with Crippen molar-refractivity contribution in [2.24, 2.45) is 0 Å². The molecule has 14 heteroatoms. The third kappa shape index (κ3) is 13.7. The fourth-order valence-corrected chi connectivity index (χ4v) is 7.64. The van der Waals surface area contributed by atoms with Gasteiger partial charge < -0.3 is 29.6 Å². The summed E-state index contributed by atoms with van der Waals surface area (Å²) in [5.41, 5.74) is 0.623. The van der Waals surface area contributed by atoms with Crippen molar-refractivity contribution in [2.45, 2.75) is 56.1 Å². The molecule has 1 aliphatic rings. The highest BCUT2D eigenvalue weighted by atomic mass is 32.2. The van der Waals surface area contributed by atoms with E-state index in [2.05, 4.69) is 60.2 Å². The number of thioether (sulfide) groups is 2. The summed E-state index contributed by atoms with van der Waals surface area (Å²) in [6.07, 6.45) is 0.342. The molecule has 1 heterocycles. The number of hydrogen-bond donors (Lipinski definition) is 2. The molecule has 2 aromatic carbocycles. The van der Waals surface area contributed by atoms with Crippen molar-refractivity contribution in [3.8, 4) is 0 Å². The summed E-state index contributed by atoms with van der Waals surface area (Å²) in [6, 6.07) is 12.9. The van der Waals surface area contributed by atoms with Crippen molar-refractivity contribution < 1.29 is 38.1 Å². The number of amides is 2. The number of alkyl carbamates (subject to hydrolysis) is 2. The van der Waals surface area contributed by atoms with Gasteiger partial charge in [0.15, 0.2) is 0 Å². The Bertz CT molecular complexity index is 1310. The Morgan fingerprint density at radius 3 is 1.43 bits per heavy atom. The third-order valence-electron chi connectivity index (χ3n) is 5.76. The summed E-state index contributed by atoms with van der Waals surface area (Å²) in [4.78, 5) is 53.3. The maximum Gasteiger partial charge on any atom is 0.407 e. The Kier molecular flexibility index (Phi) is 16.3. The molecule has 0 atom stereocenters. The van der Waals surface area contributed by atoms with Crippen LogP contribution in [0.4, 0.5) is 9.59 Å². The molecule has 0 aliphatic carbocycles. The van der Waals surface area contributed by atoms with Crippen molar-refractivity contribution in [3.63, 3.8) is 0 Å². The SMILES string of the molecule is C=C(C)C(=O)OCCNC(=O)OCCCSc1ccc2c(c1)Sc1ccc(SCCCOC(=O)NCCOC(=O)C(=C)C)cc1S2. The molecule has 0 radical (unpaired) electrons. The Morgan fingerprint density at radius 2 is 1.04 bits per heavy atom. The number of ether oxygens (including phenoxy) is 4. The first-order valence-corrected chi connectivity index (χ1v) is 18.1. The van der Waals surface area contributed by atoms with Crippen molar-refractivity contribution in [1.82, 2.24) is 10.6 Å². The highest BCUT2D eigenvalue weighted by Gasteiger charge is 2.18. The molecule has 0 bridgehead atoms. The number of rotatable bonds is 18. The molecule has 248 valence electrons. The molecule has 0 saturated carbocycles. The van der Waals surface area contributed by atoms with Crippen LogP contribution < -0.4 is 10.6 Å². The predicted octanol–water partition coefficient (Wildman–Crippen LogP) is 6.96. The first kappa shape index (κ1) is 37.3. The van der Waals surface area contributed by atoms with E-state index in [0.29, 0.717) is 37.2 Å². The van der Waals surface area contributed by atoms with Crippen molar-refractivity contribution >= 4 is 71.2 Å². The summed E-state index contributed by atoms with van der Waals surface area (Å²) in [7, 11) is 0. The Balaban J connectivity index is 1.29. The number of fused-ring (bicyclic) bond motifs is 2. The van der Waals surface area contributed by atoms with Gasteiger partial charge in [0.1, 0.15) is 13.2 Å². The lowest BCUT2D eigenvalue weighted by molar-refractivity contribution is -0.139. The molecule has 0 spiro atoms. The molecule has 0 aromatic heterocycles. The maximum atomic E-state index is 11.8. The maximum absolute atomic E-state index is 11.8. The monoisotopic (exact) mass is 706 g/mol. The molecule has 0 unspecified atom stereocenters. The van der Waals surface area contributed by atoms with Crippen molar-refractivity contribution in [2.75, 3.05) is 51.0 Å². The third-order valence-corrected chi connectivity index (χ3v) is 10.4. The van der Waals surface area contributed by atoms with Gasteiger partial charge in [0.05, 0.1) is 26.3 Å². The number of esters is 2. The Labute approximate surface area is 286 Å². The summed E-state index contributed by atoms with van der Waals surface area (Å²) < 4.78 is 20.2. The van der Waals surface area contributed by atoms with Crippen molar-refractivity contribution in [3.05, 3.63) is 60.7 Å². The van der Waals surface area contributed by atoms with Crippen LogP contribution in [0.25, 0.3) is 0 Å². The molecule has 2 aromatic rings. The van der Waals surface area contributed by atoms with E-state index in [1.54, 1.807) is 60.9 Å². The van der Waals surface area contributed by atoms with Crippen LogP contribution in [-0.4, -0.2) is 75.1 Å². The minimum atomic E-state index is -0.536. The Hall–Kier alpha value is -3.20. The van der Waals surface area contributed by atoms with Crippen LogP contribution in [0, 0.1) is 0 Å². The standard InChI is InChI=1S/C32H38N2O8S4/c1-21(2)29(35)39-15-11-33-31(37)41-13-5-17-43-23-7-9-25-27(19-23)45-26-10-8-24(20-28(26)46-25)44-18-6-14-42-32(38)34-12-16-40-30(36)22(3)4/h7-10,19-20H,1,3,5-6,11-18H2,2,4H3,(H,33,37)(H,34,38). The van der Waals surface area contributed by atoms with Gasteiger partial charge >= 0.3 is 24.1 Å². The lowest BCUT2D eigenvalue weighted by atomic mass is 10.3. The first-order chi connectivity index (χ1) is 22.1. The van der Waals surface area contributed by atoms with Crippen LogP contribution in [0.2, 0.25) is 0 Å². The average Bonchev–Trinajstić information content (AvgIpc) is 3.03. The van der Waals surface area contributed by atoms with Crippen molar-refractivity contribution in [1.29, 1.82) is 0 Å². The summed E-state index contributed by atoms with van der Waals surface area (Å²) in [5.74, 6) is 0.638. The minimum Gasteiger partial charge on any atom is -0.460 e. The normalized spacial score (nSPS) is 11.3. The van der Waals surface area contributed by atoms with Crippen LogP contribution in [0.5, 0.6) is 0 Å². The average molecular weight is 707 g/mol. The van der Waals surface area contributed by atoms with Crippen LogP contribution in [0.15, 0.2) is 90.1 Å². The van der Waals surface area contributed by atoms with E-state index < -0.39 is 24.1 Å². The molecule has 0 fully saturated rings. The number of carbonyl (C=O) groups is 4. The topological polar surface area (TPSA) is 129 Å². The van der Waals surface area contributed by atoms with Gasteiger partial charge in [-0.2, -0.15) is 0 Å². The summed E-state index contributed by atoms with van der Waals surface area (Å²) in [5, 5.41) is 5.10. The second-order valence-corrected chi connectivity index (χ2v) is 14.3. The van der Waals surface area contributed by atoms with Crippen LogP contribution in [0.3, 0.4) is 0 Å². The minimum absolute atomic E-state index is 0.0655.